The zero-order valence-corrected chi connectivity index (χ0v) is 16.5. The number of benzene rings is 1. The van der Waals surface area contributed by atoms with Crippen molar-refractivity contribution in [3.63, 3.8) is 0 Å². The minimum Gasteiger partial charge on any atom is -0.493 e. The number of nitrogens with zero attached hydrogens (tertiary/aromatic N) is 3. The number of aliphatic imine (C=N–C) groups is 2. The number of morpholine rings is 1. The van der Waals surface area contributed by atoms with Gasteiger partial charge < -0.3 is 28.6 Å². The van der Waals surface area contributed by atoms with E-state index in [0.29, 0.717) is 5.75 Å². The van der Waals surface area contributed by atoms with Gasteiger partial charge in [-0.1, -0.05) is 0 Å². The number of methoxy groups -OCH3 is 3. The summed E-state index contributed by atoms with van der Waals surface area (Å²) in [5.74, 6) is -1.54. The van der Waals surface area contributed by atoms with Crippen LogP contribution < -0.4 is 9.47 Å². The summed E-state index contributed by atoms with van der Waals surface area (Å²) in [6.45, 7) is 0.991. The fourth-order valence-corrected chi connectivity index (χ4v) is 2.90. The Morgan fingerprint density at radius 3 is 2.33 bits per heavy atom. The normalized spacial score (nSPS) is 21.9. The van der Waals surface area contributed by atoms with Crippen LogP contribution in [-0.4, -0.2) is 82.3 Å². The number of carbonyl (C=O) groups excluding carboxylic acids is 1. The molecule has 3 rings (SSSR count). The van der Waals surface area contributed by atoms with Gasteiger partial charge in [0.05, 0.1) is 34.5 Å². The van der Waals surface area contributed by atoms with Gasteiger partial charge in [0.25, 0.3) is 6.02 Å². The Morgan fingerprint density at radius 1 is 1.10 bits per heavy atom. The maximum Gasteiger partial charge on any atom is 0.446 e. The monoisotopic (exact) mass is 431 g/mol. The first kappa shape index (κ1) is 21.7. The summed E-state index contributed by atoms with van der Waals surface area (Å²) in [5, 5.41) is 0. The molecule has 0 unspecified atom stereocenters. The highest BCUT2D eigenvalue weighted by molar-refractivity contribution is 6.05. The van der Waals surface area contributed by atoms with Crippen LogP contribution in [0.1, 0.15) is 5.56 Å². The van der Waals surface area contributed by atoms with E-state index < -0.39 is 29.7 Å². The Labute approximate surface area is 170 Å². The van der Waals surface area contributed by atoms with E-state index in [1.54, 1.807) is 0 Å². The first-order chi connectivity index (χ1) is 14.3. The van der Waals surface area contributed by atoms with Gasteiger partial charge in [-0.2, -0.15) is 23.2 Å². The van der Waals surface area contributed by atoms with Crippen molar-refractivity contribution in [2.45, 2.75) is 11.8 Å². The second-order valence-corrected chi connectivity index (χ2v) is 6.24. The fourth-order valence-electron chi connectivity index (χ4n) is 2.90. The highest BCUT2D eigenvalue weighted by Gasteiger charge is 2.65. The molecule has 0 amide bonds. The largest absolute Gasteiger partial charge is 0.493 e. The minimum absolute atomic E-state index is 0.130. The zero-order chi connectivity index (χ0) is 21.9. The molecule has 0 N–H and O–H groups in total. The van der Waals surface area contributed by atoms with Gasteiger partial charge in [0, 0.05) is 18.7 Å². The van der Waals surface area contributed by atoms with Crippen LogP contribution >= 0.6 is 0 Å². The van der Waals surface area contributed by atoms with Crippen LogP contribution in [0.25, 0.3) is 0 Å². The van der Waals surface area contributed by atoms with Gasteiger partial charge >= 0.3 is 17.8 Å². The summed E-state index contributed by atoms with van der Waals surface area (Å²) < 4.78 is 67.8. The molecule has 1 aromatic carbocycles. The van der Waals surface area contributed by atoms with Crippen LogP contribution in [-0.2, 0) is 19.0 Å². The van der Waals surface area contributed by atoms with Crippen molar-refractivity contribution in [1.29, 1.82) is 0 Å². The second kappa shape index (κ2) is 8.38. The molecule has 1 saturated heterocycles. The van der Waals surface area contributed by atoms with Crippen molar-refractivity contribution >= 4 is 17.9 Å². The third-order valence-corrected chi connectivity index (χ3v) is 4.49. The Morgan fingerprint density at radius 2 is 1.77 bits per heavy atom. The molecule has 12 heteroatoms. The molecule has 1 fully saturated rings. The third-order valence-electron chi connectivity index (χ3n) is 4.49. The molecular weight excluding hydrogens is 411 g/mol. The van der Waals surface area contributed by atoms with Crippen molar-refractivity contribution in [3.8, 4) is 11.5 Å². The molecular formula is C18H20F3N3O6. The van der Waals surface area contributed by atoms with Gasteiger partial charge in [-0.15, -0.1) is 0 Å². The molecule has 0 bridgehead atoms. The fraction of sp³-hybridized carbons (Fsp3) is 0.500. The van der Waals surface area contributed by atoms with Crippen LogP contribution in [0.2, 0.25) is 0 Å². The number of amidine groups is 1. The van der Waals surface area contributed by atoms with E-state index in [9.17, 15) is 18.0 Å². The zero-order valence-electron chi connectivity index (χ0n) is 16.5. The van der Waals surface area contributed by atoms with Gasteiger partial charge in [-0.05, 0) is 18.2 Å². The lowest BCUT2D eigenvalue weighted by molar-refractivity contribution is -0.202. The number of halogens is 3. The van der Waals surface area contributed by atoms with Crippen LogP contribution in [0.4, 0.5) is 13.2 Å². The summed E-state index contributed by atoms with van der Waals surface area (Å²) in [6.07, 6.45) is -5.18. The van der Waals surface area contributed by atoms with Gasteiger partial charge in [0.15, 0.2) is 11.5 Å². The molecule has 2 heterocycles. The number of carbonyl (C=O) groups is 1. The minimum atomic E-state index is -5.18. The number of hydrogen-bond acceptors (Lipinski definition) is 9. The van der Waals surface area contributed by atoms with E-state index in [4.69, 9.17) is 18.9 Å². The molecule has 164 valence electrons. The third kappa shape index (κ3) is 3.86. The Hall–Kier alpha value is -3.02. The molecule has 9 nitrogen and oxygen atoms in total. The quantitative estimate of drug-likeness (QED) is 0.669. The Bertz CT molecular complexity index is 867. The Kier molecular flexibility index (Phi) is 6.06. The lowest BCUT2D eigenvalue weighted by atomic mass is 10.1. The van der Waals surface area contributed by atoms with Gasteiger partial charge in [0.2, 0.25) is 5.90 Å². The molecule has 0 radical (unpaired) electrons. The van der Waals surface area contributed by atoms with Crippen molar-refractivity contribution in [2.24, 2.45) is 9.98 Å². The first-order valence-electron chi connectivity index (χ1n) is 8.83. The molecule has 0 spiro atoms. The number of esters is 1. The molecule has 1 aromatic rings. The summed E-state index contributed by atoms with van der Waals surface area (Å²) in [6, 6.07) is 3.90. The topological polar surface area (TPSA) is 91.2 Å². The SMILES string of the molecule is COC(=O)[C@@]1(C(F)(F)F)N=C(c2ccc(OC)c(OC)c2)OC(N2CCOCC2)=N1. The van der Waals surface area contributed by atoms with Crippen molar-refractivity contribution < 1.29 is 41.7 Å². The molecule has 0 aliphatic carbocycles. The predicted molar refractivity (Wildman–Crippen MR) is 97.8 cm³/mol. The van der Waals surface area contributed by atoms with Gasteiger partial charge in [-0.25, -0.2) is 4.79 Å². The summed E-state index contributed by atoms with van der Waals surface area (Å²) >= 11 is 0. The highest BCUT2D eigenvalue weighted by Crippen LogP contribution is 2.40. The summed E-state index contributed by atoms with van der Waals surface area (Å²) in [7, 11) is 3.63. The Balaban J connectivity index is 2.15. The predicted octanol–water partition coefficient (Wildman–Crippen LogP) is 1.60. The van der Waals surface area contributed by atoms with Gasteiger partial charge in [-0.3, -0.25) is 0 Å². The smallest absolute Gasteiger partial charge is 0.446 e. The van der Waals surface area contributed by atoms with Gasteiger partial charge in [0.1, 0.15) is 0 Å². The van der Waals surface area contributed by atoms with Crippen molar-refractivity contribution in [3.05, 3.63) is 23.8 Å². The molecule has 2 aliphatic rings. The molecule has 0 saturated carbocycles. The molecule has 0 aromatic heterocycles. The van der Waals surface area contributed by atoms with E-state index in [-0.39, 0.29) is 37.6 Å². The van der Waals surface area contributed by atoms with Crippen LogP contribution in [0.3, 0.4) is 0 Å². The highest BCUT2D eigenvalue weighted by atomic mass is 19.4. The van der Waals surface area contributed by atoms with Crippen molar-refractivity contribution in [1.82, 2.24) is 4.90 Å². The number of rotatable bonds is 4. The first-order valence-corrected chi connectivity index (χ1v) is 8.83. The summed E-state index contributed by atoms with van der Waals surface area (Å²) in [5.41, 5.74) is -3.37. The average molecular weight is 431 g/mol. The molecule has 1 atom stereocenters. The lowest BCUT2D eigenvalue weighted by Gasteiger charge is -2.35. The number of ether oxygens (including phenoxy) is 5. The number of hydrogen-bond donors (Lipinski definition) is 0. The second-order valence-electron chi connectivity index (χ2n) is 6.24. The maximum atomic E-state index is 14.1. The van der Waals surface area contributed by atoms with Crippen LogP contribution in [0.15, 0.2) is 28.2 Å². The maximum absolute atomic E-state index is 14.1. The van der Waals surface area contributed by atoms with Crippen LogP contribution in [0.5, 0.6) is 11.5 Å². The van der Waals surface area contributed by atoms with Crippen LogP contribution in [0, 0.1) is 0 Å². The van der Waals surface area contributed by atoms with E-state index >= 15 is 0 Å². The van der Waals surface area contributed by atoms with E-state index in [1.807, 2.05) is 0 Å². The van der Waals surface area contributed by atoms with Crippen molar-refractivity contribution in [2.75, 3.05) is 47.6 Å². The lowest BCUT2D eigenvalue weighted by Crippen LogP contribution is -2.55. The van der Waals surface area contributed by atoms with E-state index in [1.165, 1.54) is 37.3 Å². The standard InChI is InChI=1S/C18H20F3N3O6/c1-26-12-5-4-11(10-13(12)27-2)14-22-17(15(25)28-3,18(19,20)21)23-16(30-14)24-6-8-29-9-7-24/h4-5,10H,6-9H2,1-3H3/t17-/m1/s1. The molecule has 30 heavy (non-hydrogen) atoms. The van der Waals surface area contributed by atoms with E-state index in [0.717, 1.165) is 7.11 Å². The molecule has 2 aliphatic heterocycles. The number of alkyl halides is 3. The average Bonchev–Trinajstić information content (AvgIpc) is 2.77. The van der Waals surface area contributed by atoms with E-state index in [2.05, 4.69) is 14.7 Å². The summed E-state index contributed by atoms with van der Waals surface area (Å²) in [4.78, 5) is 20.8.